The van der Waals surface area contributed by atoms with Gasteiger partial charge in [0, 0.05) is 19.3 Å². The topological polar surface area (TPSA) is 78.9 Å². The third kappa shape index (κ3) is 63.0. The monoisotopic (exact) mass is 1070 g/mol. The van der Waals surface area contributed by atoms with Crippen LogP contribution in [0.25, 0.3) is 0 Å². The molecule has 0 rings (SSSR count). The molecular weight excluding hydrogens is 937 g/mol. The highest BCUT2D eigenvalue weighted by Gasteiger charge is 2.19. The maximum absolute atomic E-state index is 12.8. The van der Waals surface area contributed by atoms with Crippen molar-refractivity contribution in [1.29, 1.82) is 0 Å². The number of hydrogen-bond acceptors (Lipinski definition) is 6. The summed E-state index contributed by atoms with van der Waals surface area (Å²) in [5.41, 5.74) is 0. The Hall–Kier alpha value is -1.85. The fourth-order valence-electron chi connectivity index (χ4n) is 10.8. The molecule has 0 aromatic rings. The Labute approximate surface area is 475 Å². The molecule has 0 saturated heterocycles. The summed E-state index contributed by atoms with van der Waals surface area (Å²) in [5.74, 6) is -0.848. The van der Waals surface area contributed by atoms with Crippen molar-refractivity contribution in [1.82, 2.24) is 0 Å². The number of esters is 3. The Morgan fingerprint density at radius 3 is 0.658 bits per heavy atom. The van der Waals surface area contributed by atoms with Gasteiger partial charge in [-0.25, -0.2) is 0 Å². The van der Waals surface area contributed by atoms with Gasteiger partial charge in [0.1, 0.15) is 13.2 Å². The first-order valence-electron chi connectivity index (χ1n) is 34.7. The summed E-state index contributed by atoms with van der Waals surface area (Å²) in [5, 5.41) is 0. The lowest BCUT2D eigenvalue weighted by Gasteiger charge is -2.18. The first-order chi connectivity index (χ1) is 37.5. The highest BCUT2D eigenvalue weighted by Crippen LogP contribution is 2.19. The number of carbonyl (C=O) groups is 3. The van der Waals surface area contributed by atoms with Crippen LogP contribution in [0.3, 0.4) is 0 Å². The summed E-state index contributed by atoms with van der Waals surface area (Å²) in [7, 11) is 0. The Morgan fingerprint density at radius 1 is 0.250 bits per heavy atom. The van der Waals surface area contributed by atoms with Crippen LogP contribution < -0.4 is 0 Å². The van der Waals surface area contributed by atoms with E-state index in [0.717, 1.165) is 64.2 Å². The van der Waals surface area contributed by atoms with Gasteiger partial charge in [0.2, 0.25) is 0 Å². The van der Waals surface area contributed by atoms with Crippen molar-refractivity contribution in [2.75, 3.05) is 13.2 Å². The number of rotatable bonds is 65. The van der Waals surface area contributed by atoms with Crippen molar-refractivity contribution >= 4 is 17.9 Å². The minimum atomic E-state index is -0.762. The Balaban J connectivity index is 3.87. The predicted octanol–water partition coefficient (Wildman–Crippen LogP) is 23.6. The summed E-state index contributed by atoms with van der Waals surface area (Å²) < 4.78 is 16.8. The Bertz CT molecular complexity index is 1180. The van der Waals surface area contributed by atoms with Crippen LogP contribution in [0.15, 0.2) is 12.2 Å². The molecule has 0 aliphatic carbocycles. The van der Waals surface area contributed by atoms with Crippen LogP contribution in [0, 0.1) is 0 Å². The normalized spacial score (nSPS) is 12.0. The third-order valence-corrected chi connectivity index (χ3v) is 16.0. The van der Waals surface area contributed by atoms with Gasteiger partial charge in [-0.15, -0.1) is 0 Å². The summed E-state index contributed by atoms with van der Waals surface area (Å²) >= 11 is 0. The molecule has 76 heavy (non-hydrogen) atoms. The SMILES string of the molecule is CCCCCCCCCC/C=C\CCCCCCCCCCCCCCCCCCCCCCCC(=O)OCC(COC(=O)CCCCCCC)OC(=O)CCCCCCCCCCCCCCCCCCCCCC. The van der Waals surface area contributed by atoms with Gasteiger partial charge in [-0.1, -0.05) is 348 Å². The molecule has 0 aliphatic heterocycles. The highest BCUT2D eigenvalue weighted by molar-refractivity contribution is 5.71. The fraction of sp³-hybridized carbons (Fsp3) is 0.929. The second-order valence-electron chi connectivity index (χ2n) is 23.8. The second kappa shape index (κ2) is 65.7. The first kappa shape index (κ1) is 74.2. The number of allylic oxidation sites excluding steroid dienone is 2. The highest BCUT2D eigenvalue weighted by atomic mass is 16.6. The lowest BCUT2D eigenvalue weighted by atomic mass is 10.0. The molecule has 0 aliphatic rings. The van der Waals surface area contributed by atoms with Crippen molar-refractivity contribution < 1.29 is 28.6 Å². The molecule has 0 heterocycles. The average Bonchev–Trinajstić information content (AvgIpc) is 3.42. The molecule has 0 amide bonds. The standard InChI is InChI=1S/C70H134O6/c1-4-7-10-13-15-17-19-21-23-25-27-29-30-31-32-33-34-35-36-37-38-39-40-41-43-44-46-48-50-52-54-57-60-63-69(72)75-66-67(65-74-68(71)62-59-56-12-9-6-3)76-70(73)64-61-58-55-53-51-49-47-45-42-28-26-24-22-20-18-16-14-11-8-5-2/h25,27,67H,4-24,26,28-66H2,1-3H3/b27-25-. The van der Waals surface area contributed by atoms with Gasteiger partial charge in [0.05, 0.1) is 0 Å². The van der Waals surface area contributed by atoms with Gasteiger partial charge in [-0.05, 0) is 44.9 Å². The van der Waals surface area contributed by atoms with Crippen molar-refractivity contribution in [3.8, 4) is 0 Å². The van der Waals surface area contributed by atoms with E-state index in [1.165, 1.54) is 295 Å². The molecule has 0 spiro atoms. The minimum Gasteiger partial charge on any atom is -0.462 e. The number of carbonyl (C=O) groups excluding carboxylic acids is 3. The Morgan fingerprint density at radius 2 is 0.434 bits per heavy atom. The largest absolute Gasteiger partial charge is 0.462 e. The van der Waals surface area contributed by atoms with Crippen molar-refractivity contribution in [3.05, 3.63) is 12.2 Å². The first-order valence-corrected chi connectivity index (χ1v) is 34.7. The third-order valence-electron chi connectivity index (χ3n) is 16.0. The molecule has 0 radical (unpaired) electrons. The molecule has 0 aromatic carbocycles. The fourth-order valence-corrected chi connectivity index (χ4v) is 10.8. The lowest BCUT2D eigenvalue weighted by Crippen LogP contribution is -2.30. The van der Waals surface area contributed by atoms with Gasteiger partial charge in [-0.2, -0.15) is 0 Å². The molecule has 1 unspecified atom stereocenters. The maximum Gasteiger partial charge on any atom is 0.306 e. The van der Waals surface area contributed by atoms with E-state index in [1.54, 1.807) is 0 Å². The van der Waals surface area contributed by atoms with Crippen molar-refractivity contribution in [2.24, 2.45) is 0 Å². The number of hydrogen-bond donors (Lipinski definition) is 0. The molecule has 0 fully saturated rings. The van der Waals surface area contributed by atoms with Crippen LogP contribution in [0.5, 0.6) is 0 Å². The van der Waals surface area contributed by atoms with Crippen LogP contribution in [-0.2, 0) is 28.6 Å². The van der Waals surface area contributed by atoms with E-state index in [2.05, 4.69) is 32.9 Å². The zero-order valence-corrected chi connectivity index (χ0v) is 51.8. The van der Waals surface area contributed by atoms with E-state index in [9.17, 15) is 14.4 Å². The summed E-state index contributed by atoms with van der Waals surface area (Å²) in [6.45, 7) is 6.63. The van der Waals surface area contributed by atoms with Gasteiger partial charge in [0.25, 0.3) is 0 Å². The van der Waals surface area contributed by atoms with Crippen LogP contribution in [-0.4, -0.2) is 37.2 Å². The zero-order chi connectivity index (χ0) is 55.0. The van der Waals surface area contributed by atoms with E-state index < -0.39 is 6.10 Å². The van der Waals surface area contributed by atoms with E-state index in [0.29, 0.717) is 19.3 Å². The molecule has 0 N–H and O–H groups in total. The molecule has 6 nitrogen and oxygen atoms in total. The maximum atomic E-state index is 12.8. The van der Waals surface area contributed by atoms with E-state index in [4.69, 9.17) is 14.2 Å². The smallest absolute Gasteiger partial charge is 0.306 e. The molecule has 6 heteroatoms. The van der Waals surface area contributed by atoms with Gasteiger partial charge >= 0.3 is 17.9 Å². The van der Waals surface area contributed by atoms with Crippen LogP contribution >= 0.6 is 0 Å². The molecule has 1 atom stereocenters. The summed E-state index contributed by atoms with van der Waals surface area (Å²) in [6, 6.07) is 0. The molecule has 0 saturated carbocycles. The zero-order valence-electron chi connectivity index (χ0n) is 51.8. The minimum absolute atomic E-state index is 0.0636. The molecular formula is C70H134O6. The molecule has 0 aromatic heterocycles. The molecule has 450 valence electrons. The van der Waals surface area contributed by atoms with Crippen molar-refractivity contribution in [2.45, 2.75) is 406 Å². The number of ether oxygens (including phenoxy) is 3. The summed E-state index contributed by atoms with van der Waals surface area (Å²) in [6.07, 6.45) is 78.8. The van der Waals surface area contributed by atoms with E-state index in [1.807, 2.05) is 0 Å². The van der Waals surface area contributed by atoms with Crippen molar-refractivity contribution in [3.63, 3.8) is 0 Å². The predicted molar refractivity (Wildman–Crippen MR) is 330 cm³/mol. The summed E-state index contributed by atoms with van der Waals surface area (Å²) in [4.78, 5) is 37.9. The van der Waals surface area contributed by atoms with Gasteiger partial charge < -0.3 is 14.2 Å². The van der Waals surface area contributed by atoms with Gasteiger partial charge in [0.15, 0.2) is 6.10 Å². The van der Waals surface area contributed by atoms with Gasteiger partial charge in [-0.3, -0.25) is 14.4 Å². The molecule has 0 bridgehead atoms. The van der Waals surface area contributed by atoms with E-state index in [-0.39, 0.29) is 31.1 Å². The van der Waals surface area contributed by atoms with Crippen LogP contribution in [0.2, 0.25) is 0 Å². The number of unbranched alkanes of at least 4 members (excludes halogenated alkanes) is 52. The van der Waals surface area contributed by atoms with Crippen LogP contribution in [0.4, 0.5) is 0 Å². The van der Waals surface area contributed by atoms with E-state index >= 15 is 0 Å². The Kier molecular flexibility index (Phi) is 64.1. The van der Waals surface area contributed by atoms with Crippen LogP contribution in [0.1, 0.15) is 400 Å². The lowest BCUT2D eigenvalue weighted by molar-refractivity contribution is -0.167. The average molecular weight is 1070 g/mol. The second-order valence-corrected chi connectivity index (χ2v) is 23.8. The quantitative estimate of drug-likeness (QED) is 0.0261.